The average Bonchev–Trinajstić information content (AvgIpc) is 2.45. The zero-order valence-corrected chi connectivity index (χ0v) is 7.70. The molecule has 1 heterocycles. The van der Waals surface area contributed by atoms with Gasteiger partial charge in [0.25, 0.3) is 0 Å². The van der Waals surface area contributed by atoms with Crippen LogP contribution in [0.5, 0.6) is 0 Å². The first-order valence-corrected chi connectivity index (χ1v) is 4.81. The fourth-order valence-corrected chi connectivity index (χ4v) is 2.42. The first kappa shape index (κ1) is 7.06. The zero-order chi connectivity index (χ0) is 7.84. The van der Waals surface area contributed by atoms with E-state index in [4.69, 9.17) is 0 Å². The molecule has 1 aliphatic carbocycles. The highest BCUT2D eigenvalue weighted by atomic mass is 31.1. The average molecular weight is 161 g/mol. The van der Waals surface area contributed by atoms with Crippen molar-refractivity contribution in [2.24, 2.45) is 0 Å². The quantitative estimate of drug-likeness (QED) is 0.518. The van der Waals surface area contributed by atoms with Gasteiger partial charge in [-0.15, -0.1) is 0 Å². The maximum Gasteiger partial charge on any atom is 0.0102 e. The van der Waals surface area contributed by atoms with Gasteiger partial charge in [0.15, 0.2) is 0 Å². The summed E-state index contributed by atoms with van der Waals surface area (Å²) in [6.07, 6.45) is 8.97. The molecule has 1 aliphatic heterocycles. The molecule has 0 saturated carbocycles. The molecule has 0 saturated heterocycles. The van der Waals surface area contributed by atoms with Gasteiger partial charge >= 0.3 is 0 Å². The van der Waals surface area contributed by atoms with Gasteiger partial charge in [-0.05, 0) is 42.0 Å². The third-order valence-corrected chi connectivity index (χ3v) is 3.06. The zero-order valence-electron chi connectivity index (χ0n) is 6.81. The molecule has 0 spiro atoms. The molecule has 11 heavy (non-hydrogen) atoms. The molecule has 1 radical (unpaired) electrons. The number of rotatable bonds is 1. The van der Waals surface area contributed by atoms with Crippen molar-refractivity contribution in [2.75, 3.05) is 0 Å². The van der Waals surface area contributed by atoms with E-state index in [-0.39, 0.29) is 0 Å². The molecule has 0 amide bonds. The highest BCUT2D eigenvalue weighted by Crippen LogP contribution is 2.34. The normalized spacial score (nSPS) is 22.0. The van der Waals surface area contributed by atoms with Crippen LogP contribution in [0.15, 0.2) is 28.6 Å². The number of allylic oxidation sites excluding steroid dienone is 6. The molecular weight excluding hydrogens is 151 g/mol. The van der Waals surface area contributed by atoms with Gasteiger partial charge in [0.05, 0.1) is 0 Å². The van der Waals surface area contributed by atoms with Crippen LogP contribution in [0.3, 0.4) is 0 Å². The highest BCUT2D eigenvalue weighted by Gasteiger charge is 2.16. The van der Waals surface area contributed by atoms with Crippen LogP contribution in [-0.2, 0) is 0 Å². The minimum absolute atomic E-state index is 1.13. The Balaban J connectivity index is 2.49. The predicted molar refractivity (Wildman–Crippen MR) is 50.8 cm³/mol. The molecular formula is C10H10P. The van der Waals surface area contributed by atoms with Crippen LogP contribution in [0.4, 0.5) is 0 Å². The van der Waals surface area contributed by atoms with E-state index in [0.717, 1.165) is 6.42 Å². The van der Waals surface area contributed by atoms with Crippen molar-refractivity contribution in [3.8, 4) is 0 Å². The minimum Gasteiger partial charge on any atom is -0.0639 e. The molecule has 0 fully saturated rings. The lowest BCUT2D eigenvalue weighted by Crippen LogP contribution is -1.86. The van der Waals surface area contributed by atoms with Crippen molar-refractivity contribution in [2.45, 2.75) is 20.3 Å². The fourth-order valence-electron chi connectivity index (χ4n) is 1.43. The Morgan fingerprint density at radius 1 is 1.45 bits per heavy atom. The lowest BCUT2D eigenvalue weighted by Gasteiger charge is -1.94. The maximum absolute atomic E-state index is 3.40. The topological polar surface area (TPSA) is 0 Å². The highest BCUT2D eigenvalue weighted by molar-refractivity contribution is 7.47. The standard InChI is InChI=1S/C10H10P/c1-3-8-4-5-10-9(8)6-7(2)11-10/h4-5H,3H2,1-2H3. The van der Waals surface area contributed by atoms with Gasteiger partial charge < -0.3 is 0 Å². The van der Waals surface area contributed by atoms with Crippen LogP contribution < -0.4 is 0 Å². The van der Waals surface area contributed by atoms with Gasteiger partial charge in [-0.25, -0.2) is 0 Å². The molecule has 0 atom stereocenters. The smallest absolute Gasteiger partial charge is 0.0102 e. The van der Waals surface area contributed by atoms with Gasteiger partial charge in [-0.3, -0.25) is 0 Å². The van der Waals surface area contributed by atoms with Gasteiger partial charge in [-0.2, -0.15) is 0 Å². The van der Waals surface area contributed by atoms with Crippen LogP contribution in [0, 0.1) is 6.08 Å². The second-order valence-corrected chi connectivity index (χ2v) is 4.17. The van der Waals surface area contributed by atoms with E-state index in [2.05, 4.69) is 32.1 Å². The Bertz CT molecular complexity index is 314. The van der Waals surface area contributed by atoms with E-state index in [9.17, 15) is 0 Å². The van der Waals surface area contributed by atoms with Crippen molar-refractivity contribution in [3.63, 3.8) is 0 Å². The van der Waals surface area contributed by atoms with Crippen molar-refractivity contribution < 1.29 is 0 Å². The summed E-state index contributed by atoms with van der Waals surface area (Å²) in [6.45, 7) is 4.34. The predicted octanol–water partition coefficient (Wildman–Crippen LogP) is 3.10. The van der Waals surface area contributed by atoms with Crippen molar-refractivity contribution in [1.29, 1.82) is 0 Å². The summed E-state index contributed by atoms with van der Waals surface area (Å²) in [5, 5.41) is 2.80. The van der Waals surface area contributed by atoms with E-state index < -0.39 is 0 Å². The molecule has 2 rings (SSSR count). The third-order valence-electron chi connectivity index (χ3n) is 1.99. The first-order valence-electron chi connectivity index (χ1n) is 3.92. The summed E-state index contributed by atoms with van der Waals surface area (Å²) in [5.41, 5.74) is 2.82. The monoisotopic (exact) mass is 161 g/mol. The van der Waals surface area contributed by atoms with E-state index in [1.54, 1.807) is 0 Å². The summed E-state index contributed by atoms with van der Waals surface area (Å²) in [7, 11) is 1.36. The van der Waals surface area contributed by atoms with Crippen LogP contribution in [0.1, 0.15) is 20.3 Å². The van der Waals surface area contributed by atoms with E-state index >= 15 is 0 Å². The summed E-state index contributed by atoms with van der Waals surface area (Å²) < 4.78 is 0. The summed E-state index contributed by atoms with van der Waals surface area (Å²) in [5.74, 6) is 0. The Kier molecular flexibility index (Phi) is 1.58. The summed E-state index contributed by atoms with van der Waals surface area (Å²) >= 11 is 0. The number of hydrogen-bond acceptors (Lipinski definition) is 0. The second-order valence-electron chi connectivity index (χ2n) is 2.79. The molecule has 0 unspecified atom stereocenters. The minimum atomic E-state index is 1.13. The maximum atomic E-state index is 3.40. The van der Waals surface area contributed by atoms with Gasteiger partial charge in [0, 0.05) is 5.29 Å². The third kappa shape index (κ3) is 1.02. The molecule has 0 bridgehead atoms. The molecule has 0 aromatic rings. The van der Waals surface area contributed by atoms with Crippen LogP contribution in [0.2, 0.25) is 0 Å². The summed E-state index contributed by atoms with van der Waals surface area (Å²) in [6, 6.07) is 0. The summed E-state index contributed by atoms with van der Waals surface area (Å²) in [4.78, 5) is 0. The van der Waals surface area contributed by atoms with Crippen LogP contribution >= 0.6 is 8.20 Å². The van der Waals surface area contributed by atoms with Gasteiger partial charge in [0.1, 0.15) is 0 Å². The van der Waals surface area contributed by atoms with Crippen molar-refractivity contribution >= 4 is 13.5 Å². The number of fused-ring (bicyclic) bond motifs is 1. The van der Waals surface area contributed by atoms with Crippen molar-refractivity contribution in [3.05, 3.63) is 34.7 Å². The number of hydrogen-bond donors (Lipinski definition) is 0. The molecule has 55 valence electrons. The van der Waals surface area contributed by atoms with E-state index in [1.807, 2.05) is 0 Å². The largest absolute Gasteiger partial charge is 0.0639 e. The Morgan fingerprint density at radius 3 is 3.00 bits per heavy atom. The molecule has 0 N–H and O–H groups in total. The molecule has 0 aromatic carbocycles. The fraction of sp³-hybridized carbons (Fsp3) is 0.300. The first-order chi connectivity index (χ1) is 5.31. The lowest BCUT2D eigenvalue weighted by molar-refractivity contribution is 1.15. The molecule has 2 aliphatic rings. The van der Waals surface area contributed by atoms with Crippen LogP contribution in [-0.4, -0.2) is 5.29 Å². The van der Waals surface area contributed by atoms with Crippen molar-refractivity contribution in [1.82, 2.24) is 0 Å². The Morgan fingerprint density at radius 2 is 2.27 bits per heavy atom. The Labute approximate surface area is 69.1 Å². The SMILES string of the molecule is CCC1=C2[C]=C(C)P=C2C=C1. The lowest BCUT2D eigenvalue weighted by atomic mass is 10.1. The molecule has 0 aromatic heterocycles. The Hall–Kier alpha value is -0.610. The molecule has 1 heteroatoms. The second kappa shape index (κ2) is 2.46. The van der Waals surface area contributed by atoms with Crippen LogP contribution in [0.25, 0.3) is 0 Å². The molecule has 0 nitrogen and oxygen atoms in total. The van der Waals surface area contributed by atoms with Gasteiger partial charge in [0.2, 0.25) is 0 Å². The van der Waals surface area contributed by atoms with E-state index in [1.165, 1.54) is 30.0 Å². The van der Waals surface area contributed by atoms with Gasteiger partial charge in [-0.1, -0.05) is 21.2 Å². The van der Waals surface area contributed by atoms with E-state index in [0.29, 0.717) is 0 Å².